The van der Waals surface area contributed by atoms with E-state index in [2.05, 4.69) is 17.2 Å². The second-order valence-electron chi connectivity index (χ2n) is 5.23. The van der Waals surface area contributed by atoms with Gasteiger partial charge in [0.2, 0.25) is 0 Å². The maximum atomic E-state index is 10.8. The van der Waals surface area contributed by atoms with Gasteiger partial charge in [-0.15, -0.1) is 0 Å². The molecule has 0 aliphatic carbocycles. The molecule has 0 saturated carbocycles. The van der Waals surface area contributed by atoms with E-state index in [0.717, 1.165) is 24.3 Å². The van der Waals surface area contributed by atoms with Gasteiger partial charge < -0.3 is 5.43 Å². The molecule has 0 aromatic heterocycles. The summed E-state index contributed by atoms with van der Waals surface area (Å²) in [7, 11) is 0. The number of nitrogens with two attached hydrogens (primary N) is 1. The van der Waals surface area contributed by atoms with Crippen LogP contribution in [-0.2, 0) is 6.54 Å². The molecule has 1 saturated heterocycles. The zero-order chi connectivity index (χ0) is 13.8. The lowest BCUT2D eigenvalue weighted by atomic mass is 9.99. The van der Waals surface area contributed by atoms with Gasteiger partial charge in [0, 0.05) is 25.2 Å². The largest absolute Gasteiger partial charge is 0.324 e. The van der Waals surface area contributed by atoms with Gasteiger partial charge in [0.1, 0.15) is 0 Å². The van der Waals surface area contributed by atoms with Gasteiger partial charge in [-0.05, 0) is 36.9 Å². The van der Waals surface area contributed by atoms with E-state index in [9.17, 15) is 10.1 Å². The first-order valence-corrected chi connectivity index (χ1v) is 6.56. The van der Waals surface area contributed by atoms with E-state index in [4.69, 9.17) is 5.84 Å². The topological polar surface area (TPSA) is 84.4 Å². The monoisotopic (exact) mass is 264 g/mol. The Balaban J connectivity index is 2.17. The Morgan fingerprint density at radius 2 is 2.37 bits per heavy atom. The van der Waals surface area contributed by atoms with E-state index in [1.807, 2.05) is 0 Å². The molecule has 3 N–H and O–H groups in total. The van der Waals surface area contributed by atoms with Crippen LogP contribution in [0.1, 0.15) is 25.3 Å². The maximum absolute atomic E-state index is 10.8. The van der Waals surface area contributed by atoms with Crippen molar-refractivity contribution in [3.63, 3.8) is 0 Å². The van der Waals surface area contributed by atoms with Crippen molar-refractivity contribution in [2.45, 2.75) is 26.3 Å². The molecular formula is C13H20N4O2. The number of nitro benzene ring substituents is 1. The number of benzene rings is 1. The molecule has 1 fully saturated rings. The second kappa shape index (κ2) is 5.99. The molecule has 2 rings (SSSR count). The highest BCUT2D eigenvalue weighted by Crippen LogP contribution is 2.25. The molecule has 0 spiro atoms. The minimum Gasteiger partial charge on any atom is -0.324 e. The van der Waals surface area contributed by atoms with Crippen LogP contribution in [0.5, 0.6) is 0 Å². The number of nitrogens with one attached hydrogen (secondary N) is 1. The first-order chi connectivity index (χ1) is 9.10. The van der Waals surface area contributed by atoms with Gasteiger partial charge in [-0.1, -0.05) is 6.92 Å². The summed E-state index contributed by atoms with van der Waals surface area (Å²) in [6.45, 7) is 5.01. The van der Waals surface area contributed by atoms with E-state index < -0.39 is 0 Å². The van der Waals surface area contributed by atoms with Gasteiger partial charge in [-0.3, -0.25) is 20.9 Å². The molecule has 1 aromatic carbocycles. The smallest absolute Gasteiger partial charge is 0.269 e. The molecule has 1 heterocycles. The number of likely N-dealkylation sites (tertiary alicyclic amines) is 1. The number of non-ortho nitro benzene ring substituents is 1. The summed E-state index contributed by atoms with van der Waals surface area (Å²) in [6.07, 6.45) is 2.44. The summed E-state index contributed by atoms with van der Waals surface area (Å²) in [5.41, 5.74) is 4.36. The van der Waals surface area contributed by atoms with Crippen LogP contribution >= 0.6 is 0 Å². The van der Waals surface area contributed by atoms with Crippen LogP contribution in [-0.4, -0.2) is 22.9 Å². The van der Waals surface area contributed by atoms with Crippen molar-refractivity contribution in [3.8, 4) is 0 Å². The molecule has 1 aliphatic heterocycles. The van der Waals surface area contributed by atoms with Crippen molar-refractivity contribution in [2.75, 3.05) is 18.5 Å². The highest BCUT2D eigenvalue weighted by molar-refractivity contribution is 5.55. The number of rotatable bonds is 4. The number of nitrogens with zero attached hydrogens (tertiary/aromatic N) is 2. The Morgan fingerprint density at radius 3 is 3.00 bits per heavy atom. The molecule has 104 valence electrons. The fourth-order valence-electron chi connectivity index (χ4n) is 2.64. The number of hydrogen-bond acceptors (Lipinski definition) is 5. The highest BCUT2D eigenvalue weighted by Gasteiger charge is 2.18. The van der Waals surface area contributed by atoms with Gasteiger partial charge in [0.05, 0.1) is 10.6 Å². The van der Waals surface area contributed by atoms with Gasteiger partial charge in [-0.2, -0.15) is 0 Å². The third-order valence-corrected chi connectivity index (χ3v) is 3.59. The van der Waals surface area contributed by atoms with Crippen molar-refractivity contribution in [3.05, 3.63) is 33.9 Å². The molecule has 1 aliphatic rings. The summed E-state index contributed by atoms with van der Waals surface area (Å²) in [5, 5.41) is 10.8. The standard InChI is InChI=1S/C13H20N4O2/c1-10-3-2-6-16(8-10)9-11-7-12(17(18)19)4-5-13(11)15-14/h4-5,7,10,15H,2-3,6,8-9,14H2,1H3. The zero-order valence-corrected chi connectivity index (χ0v) is 11.1. The van der Waals surface area contributed by atoms with E-state index >= 15 is 0 Å². The maximum Gasteiger partial charge on any atom is 0.269 e. The molecule has 1 atom stereocenters. The van der Waals surface area contributed by atoms with Gasteiger partial charge >= 0.3 is 0 Å². The van der Waals surface area contributed by atoms with Crippen LogP contribution in [0.2, 0.25) is 0 Å². The Labute approximate surface area is 112 Å². The summed E-state index contributed by atoms with van der Waals surface area (Å²) < 4.78 is 0. The molecule has 0 amide bonds. The fraction of sp³-hybridized carbons (Fsp3) is 0.538. The van der Waals surface area contributed by atoms with Crippen LogP contribution in [0.3, 0.4) is 0 Å². The summed E-state index contributed by atoms with van der Waals surface area (Å²) in [4.78, 5) is 12.8. The Kier molecular flexibility index (Phi) is 4.34. The quantitative estimate of drug-likeness (QED) is 0.494. The van der Waals surface area contributed by atoms with Gasteiger partial charge in [0.25, 0.3) is 5.69 Å². The lowest BCUT2D eigenvalue weighted by Gasteiger charge is -2.31. The molecule has 1 unspecified atom stereocenters. The van der Waals surface area contributed by atoms with Crippen molar-refractivity contribution < 1.29 is 4.92 Å². The summed E-state index contributed by atoms with van der Waals surface area (Å²) in [6, 6.07) is 4.74. The third kappa shape index (κ3) is 3.42. The Morgan fingerprint density at radius 1 is 1.58 bits per heavy atom. The van der Waals surface area contributed by atoms with Crippen LogP contribution in [0.15, 0.2) is 18.2 Å². The van der Waals surface area contributed by atoms with E-state index in [1.54, 1.807) is 12.1 Å². The third-order valence-electron chi connectivity index (χ3n) is 3.59. The average Bonchev–Trinajstić information content (AvgIpc) is 2.38. The number of nitro groups is 1. The first-order valence-electron chi connectivity index (χ1n) is 6.56. The predicted molar refractivity (Wildman–Crippen MR) is 74.6 cm³/mol. The number of piperidine rings is 1. The summed E-state index contributed by atoms with van der Waals surface area (Å²) in [5.74, 6) is 6.15. The predicted octanol–water partition coefficient (Wildman–Crippen LogP) is 2.11. The Bertz CT molecular complexity index is 464. The highest BCUT2D eigenvalue weighted by atomic mass is 16.6. The lowest BCUT2D eigenvalue weighted by Crippen LogP contribution is -2.34. The minimum atomic E-state index is -0.372. The molecule has 6 heteroatoms. The number of anilines is 1. The van der Waals surface area contributed by atoms with E-state index in [1.165, 1.54) is 18.9 Å². The van der Waals surface area contributed by atoms with E-state index in [-0.39, 0.29) is 10.6 Å². The molecule has 0 radical (unpaired) electrons. The van der Waals surface area contributed by atoms with Crippen LogP contribution in [0, 0.1) is 16.0 Å². The number of hydrazine groups is 1. The van der Waals surface area contributed by atoms with Crippen molar-refractivity contribution in [2.24, 2.45) is 11.8 Å². The first kappa shape index (κ1) is 13.8. The van der Waals surface area contributed by atoms with Gasteiger partial charge in [0.15, 0.2) is 0 Å². The minimum absolute atomic E-state index is 0.110. The van der Waals surface area contributed by atoms with Crippen molar-refractivity contribution >= 4 is 11.4 Å². The molecule has 0 bridgehead atoms. The van der Waals surface area contributed by atoms with Gasteiger partial charge in [-0.25, -0.2) is 0 Å². The Hall–Kier alpha value is -1.66. The van der Waals surface area contributed by atoms with Crippen molar-refractivity contribution in [1.82, 2.24) is 4.90 Å². The SMILES string of the molecule is CC1CCCN(Cc2cc([N+](=O)[O-])ccc2NN)C1. The normalized spacial score (nSPS) is 20.2. The molecule has 19 heavy (non-hydrogen) atoms. The fourth-order valence-corrected chi connectivity index (χ4v) is 2.64. The average molecular weight is 264 g/mol. The molecule has 6 nitrogen and oxygen atoms in total. The summed E-state index contributed by atoms with van der Waals surface area (Å²) >= 11 is 0. The van der Waals surface area contributed by atoms with Crippen LogP contribution in [0.25, 0.3) is 0 Å². The van der Waals surface area contributed by atoms with Crippen molar-refractivity contribution in [1.29, 1.82) is 0 Å². The number of hydrogen-bond donors (Lipinski definition) is 2. The molecular weight excluding hydrogens is 244 g/mol. The lowest BCUT2D eigenvalue weighted by molar-refractivity contribution is -0.384. The van der Waals surface area contributed by atoms with E-state index in [0.29, 0.717) is 12.5 Å². The zero-order valence-electron chi connectivity index (χ0n) is 11.1. The van der Waals surface area contributed by atoms with Crippen LogP contribution in [0.4, 0.5) is 11.4 Å². The van der Waals surface area contributed by atoms with Crippen LogP contribution < -0.4 is 11.3 Å². The second-order valence-corrected chi connectivity index (χ2v) is 5.23. The molecule has 1 aromatic rings. The number of nitrogen functional groups attached to an aromatic ring is 1.